The first-order chi connectivity index (χ1) is 10.2. The van der Waals surface area contributed by atoms with Crippen molar-refractivity contribution in [2.24, 2.45) is 5.73 Å². The second-order valence-electron chi connectivity index (χ2n) is 5.26. The van der Waals surface area contributed by atoms with Crippen molar-refractivity contribution in [3.8, 4) is 5.75 Å². The van der Waals surface area contributed by atoms with Gasteiger partial charge in [-0.1, -0.05) is 43.3 Å². The molecular formula is C18H22BrNO. The Morgan fingerprint density at radius 3 is 2.43 bits per heavy atom. The number of nitrogens with two attached hydrogens (primary N) is 1. The van der Waals surface area contributed by atoms with Gasteiger partial charge in [0, 0.05) is 6.04 Å². The molecule has 3 heteroatoms. The van der Waals surface area contributed by atoms with E-state index in [4.69, 9.17) is 10.5 Å². The molecule has 0 saturated heterocycles. The van der Waals surface area contributed by atoms with Crippen molar-refractivity contribution in [1.29, 1.82) is 0 Å². The molecule has 2 nitrogen and oxygen atoms in total. The lowest BCUT2D eigenvalue weighted by molar-refractivity contribution is 0.412. The molecular weight excluding hydrogens is 326 g/mol. The highest BCUT2D eigenvalue weighted by atomic mass is 79.9. The van der Waals surface area contributed by atoms with E-state index < -0.39 is 0 Å². The van der Waals surface area contributed by atoms with E-state index in [9.17, 15) is 0 Å². The molecule has 2 N–H and O–H groups in total. The summed E-state index contributed by atoms with van der Waals surface area (Å²) in [6.45, 7) is 2.20. The van der Waals surface area contributed by atoms with Gasteiger partial charge >= 0.3 is 0 Å². The van der Waals surface area contributed by atoms with Crippen LogP contribution in [0.2, 0.25) is 0 Å². The number of methoxy groups -OCH3 is 1. The van der Waals surface area contributed by atoms with Gasteiger partial charge in [0.15, 0.2) is 0 Å². The summed E-state index contributed by atoms with van der Waals surface area (Å²) in [4.78, 5) is 0. The fourth-order valence-corrected chi connectivity index (χ4v) is 3.33. The minimum Gasteiger partial charge on any atom is -0.496 e. The van der Waals surface area contributed by atoms with Gasteiger partial charge < -0.3 is 10.5 Å². The van der Waals surface area contributed by atoms with Crippen LogP contribution >= 0.6 is 15.9 Å². The van der Waals surface area contributed by atoms with E-state index >= 15 is 0 Å². The van der Waals surface area contributed by atoms with Crippen LogP contribution in [-0.2, 0) is 6.42 Å². The minimum absolute atomic E-state index is 0.109. The van der Waals surface area contributed by atoms with Gasteiger partial charge in [-0.2, -0.15) is 0 Å². The lowest BCUT2D eigenvalue weighted by atomic mass is 9.86. The van der Waals surface area contributed by atoms with E-state index in [-0.39, 0.29) is 6.04 Å². The SMILES string of the molecule is CCC(c1ccccc1)C(N)Cc1ccc(OC)c(Br)c1. The summed E-state index contributed by atoms with van der Waals surface area (Å²) in [6, 6.07) is 16.8. The van der Waals surface area contributed by atoms with Crippen LogP contribution in [0.15, 0.2) is 53.0 Å². The van der Waals surface area contributed by atoms with Gasteiger partial charge in [-0.3, -0.25) is 0 Å². The summed E-state index contributed by atoms with van der Waals surface area (Å²) in [5, 5.41) is 0. The topological polar surface area (TPSA) is 35.2 Å². The molecule has 112 valence electrons. The molecule has 0 spiro atoms. The summed E-state index contributed by atoms with van der Waals surface area (Å²) in [6.07, 6.45) is 1.90. The van der Waals surface area contributed by atoms with E-state index in [0.29, 0.717) is 5.92 Å². The van der Waals surface area contributed by atoms with Gasteiger partial charge in [-0.15, -0.1) is 0 Å². The molecule has 0 aliphatic carbocycles. The van der Waals surface area contributed by atoms with Gasteiger partial charge in [0.2, 0.25) is 0 Å². The molecule has 2 aromatic rings. The Bertz CT molecular complexity index is 571. The Balaban J connectivity index is 2.12. The molecule has 0 aliphatic rings. The molecule has 0 saturated carbocycles. The normalized spacial score (nSPS) is 13.7. The van der Waals surface area contributed by atoms with E-state index in [2.05, 4.69) is 59.3 Å². The highest BCUT2D eigenvalue weighted by molar-refractivity contribution is 9.10. The highest BCUT2D eigenvalue weighted by Gasteiger charge is 2.18. The van der Waals surface area contributed by atoms with Crippen LogP contribution in [0.3, 0.4) is 0 Å². The van der Waals surface area contributed by atoms with Gasteiger partial charge in [0.1, 0.15) is 5.75 Å². The maximum absolute atomic E-state index is 6.47. The standard InChI is InChI=1S/C18H22BrNO/c1-3-15(14-7-5-4-6-8-14)17(20)12-13-9-10-18(21-2)16(19)11-13/h4-11,15,17H,3,12,20H2,1-2H3. The Labute approximate surface area is 135 Å². The molecule has 0 heterocycles. The van der Waals surface area contributed by atoms with Crippen molar-refractivity contribution < 1.29 is 4.74 Å². The minimum atomic E-state index is 0.109. The van der Waals surface area contributed by atoms with Crippen LogP contribution in [-0.4, -0.2) is 13.2 Å². The van der Waals surface area contributed by atoms with E-state index in [1.54, 1.807) is 7.11 Å². The average molecular weight is 348 g/mol. The second-order valence-corrected chi connectivity index (χ2v) is 6.12. The molecule has 2 atom stereocenters. The molecule has 0 aliphatic heterocycles. The molecule has 2 aromatic carbocycles. The lowest BCUT2D eigenvalue weighted by Crippen LogP contribution is -2.30. The Hall–Kier alpha value is -1.32. The fourth-order valence-electron chi connectivity index (χ4n) is 2.74. The van der Waals surface area contributed by atoms with Gasteiger partial charge in [-0.05, 0) is 57.9 Å². The molecule has 0 radical (unpaired) electrons. The Morgan fingerprint density at radius 1 is 1.14 bits per heavy atom. The molecule has 0 amide bonds. The highest BCUT2D eigenvalue weighted by Crippen LogP contribution is 2.28. The Morgan fingerprint density at radius 2 is 1.86 bits per heavy atom. The van der Waals surface area contributed by atoms with Crippen LogP contribution in [0.4, 0.5) is 0 Å². The second kappa shape index (κ2) is 7.62. The van der Waals surface area contributed by atoms with Gasteiger partial charge in [0.25, 0.3) is 0 Å². The van der Waals surface area contributed by atoms with E-state index in [1.165, 1.54) is 11.1 Å². The fraction of sp³-hybridized carbons (Fsp3) is 0.333. The monoisotopic (exact) mass is 347 g/mol. The maximum Gasteiger partial charge on any atom is 0.133 e. The summed E-state index contributed by atoms with van der Waals surface area (Å²) in [5.41, 5.74) is 9.01. The van der Waals surface area contributed by atoms with Crippen molar-refractivity contribution in [3.05, 3.63) is 64.1 Å². The zero-order chi connectivity index (χ0) is 15.2. The van der Waals surface area contributed by atoms with Gasteiger partial charge in [-0.25, -0.2) is 0 Å². The van der Waals surface area contributed by atoms with Crippen molar-refractivity contribution >= 4 is 15.9 Å². The first kappa shape index (κ1) is 16.1. The number of hydrogen-bond acceptors (Lipinski definition) is 2. The molecule has 0 aromatic heterocycles. The third kappa shape index (κ3) is 4.08. The number of halogens is 1. The van der Waals surface area contributed by atoms with Gasteiger partial charge in [0.05, 0.1) is 11.6 Å². The van der Waals surface area contributed by atoms with Crippen LogP contribution in [0, 0.1) is 0 Å². The molecule has 0 bridgehead atoms. The first-order valence-corrected chi connectivity index (χ1v) is 8.08. The zero-order valence-corrected chi connectivity index (χ0v) is 14.1. The molecule has 2 rings (SSSR count). The summed E-state index contributed by atoms with van der Waals surface area (Å²) < 4.78 is 6.24. The van der Waals surface area contributed by atoms with E-state index in [0.717, 1.165) is 23.1 Å². The van der Waals surface area contributed by atoms with Crippen LogP contribution in [0.5, 0.6) is 5.75 Å². The number of benzene rings is 2. The number of ether oxygens (including phenoxy) is 1. The number of hydrogen-bond donors (Lipinski definition) is 1. The van der Waals surface area contributed by atoms with E-state index in [1.807, 2.05) is 12.1 Å². The van der Waals surface area contributed by atoms with Crippen LogP contribution in [0.25, 0.3) is 0 Å². The third-order valence-electron chi connectivity index (χ3n) is 3.87. The predicted octanol–water partition coefficient (Wildman–Crippen LogP) is 4.52. The largest absolute Gasteiger partial charge is 0.496 e. The number of rotatable bonds is 6. The molecule has 21 heavy (non-hydrogen) atoms. The third-order valence-corrected chi connectivity index (χ3v) is 4.49. The van der Waals surface area contributed by atoms with Crippen molar-refractivity contribution in [2.75, 3.05) is 7.11 Å². The predicted molar refractivity (Wildman–Crippen MR) is 91.8 cm³/mol. The summed E-state index contributed by atoms with van der Waals surface area (Å²) in [7, 11) is 1.67. The first-order valence-electron chi connectivity index (χ1n) is 7.28. The smallest absolute Gasteiger partial charge is 0.133 e. The quantitative estimate of drug-likeness (QED) is 0.833. The Kier molecular flexibility index (Phi) is 5.83. The van der Waals surface area contributed by atoms with Crippen LogP contribution < -0.4 is 10.5 Å². The maximum atomic E-state index is 6.47. The van der Waals surface area contributed by atoms with Crippen molar-refractivity contribution in [1.82, 2.24) is 0 Å². The summed E-state index contributed by atoms with van der Waals surface area (Å²) in [5.74, 6) is 1.23. The average Bonchev–Trinajstić information content (AvgIpc) is 2.49. The summed E-state index contributed by atoms with van der Waals surface area (Å²) >= 11 is 3.53. The van der Waals surface area contributed by atoms with Crippen LogP contribution in [0.1, 0.15) is 30.4 Å². The molecule has 2 unspecified atom stereocenters. The molecule has 0 fully saturated rings. The van der Waals surface area contributed by atoms with Crippen molar-refractivity contribution in [3.63, 3.8) is 0 Å². The lowest BCUT2D eigenvalue weighted by Gasteiger charge is -2.23. The zero-order valence-electron chi connectivity index (χ0n) is 12.6. The van der Waals surface area contributed by atoms with Crippen molar-refractivity contribution in [2.45, 2.75) is 31.7 Å².